The van der Waals surface area contributed by atoms with Crippen molar-refractivity contribution in [2.75, 3.05) is 19.2 Å². The third kappa shape index (κ3) is 3.25. The van der Waals surface area contributed by atoms with Gasteiger partial charge in [-0.25, -0.2) is 5.01 Å². The third-order valence-corrected chi connectivity index (χ3v) is 5.29. The highest BCUT2D eigenvalue weighted by Gasteiger charge is 2.46. The first-order valence-electron chi connectivity index (χ1n) is 9.37. The minimum absolute atomic E-state index is 0.0201. The standard InChI is InChI=1S/C22H24N2O4/c1-26-18-10-8-17(9-11-18)24-20(25)14-15-22(16-6-4-3-5-7-16)19(23-24)12-13-21(27-2)28-22/h3-12,21,23H,13-15H2,1-2H3/t21-,22+/m0/s1. The Hall–Kier alpha value is -2.83. The van der Waals surface area contributed by atoms with Crippen LogP contribution in [0.1, 0.15) is 24.8 Å². The van der Waals surface area contributed by atoms with Gasteiger partial charge in [0.2, 0.25) is 5.91 Å². The lowest BCUT2D eigenvalue weighted by atomic mass is 9.84. The van der Waals surface area contributed by atoms with E-state index >= 15 is 0 Å². The highest BCUT2D eigenvalue weighted by molar-refractivity contribution is 5.93. The fourth-order valence-corrected chi connectivity index (χ4v) is 3.78. The summed E-state index contributed by atoms with van der Waals surface area (Å²) in [6.45, 7) is 0. The number of hydrazine groups is 1. The first-order valence-corrected chi connectivity index (χ1v) is 9.37. The first-order chi connectivity index (χ1) is 13.7. The second kappa shape index (κ2) is 7.66. The lowest BCUT2D eigenvalue weighted by molar-refractivity contribution is -0.200. The summed E-state index contributed by atoms with van der Waals surface area (Å²) in [7, 11) is 3.26. The molecule has 0 radical (unpaired) electrons. The minimum atomic E-state index is -0.753. The number of nitrogens with one attached hydrogen (secondary N) is 1. The maximum Gasteiger partial charge on any atom is 0.245 e. The van der Waals surface area contributed by atoms with Gasteiger partial charge in [-0.2, -0.15) is 0 Å². The number of rotatable bonds is 4. The molecule has 2 heterocycles. The van der Waals surface area contributed by atoms with Gasteiger partial charge >= 0.3 is 0 Å². The van der Waals surface area contributed by atoms with Gasteiger partial charge in [0, 0.05) is 20.0 Å². The van der Waals surface area contributed by atoms with E-state index in [0.29, 0.717) is 19.3 Å². The predicted octanol–water partition coefficient (Wildman–Crippen LogP) is 3.50. The Morgan fingerprint density at radius 2 is 1.86 bits per heavy atom. The number of hydrogen-bond donors (Lipinski definition) is 1. The number of anilines is 1. The molecule has 1 saturated heterocycles. The van der Waals surface area contributed by atoms with Crippen molar-refractivity contribution >= 4 is 11.6 Å². The second-order valence-corrected chi connectivity index (χ2v) is 6.87. The molecule has 0 aliphatic carbocycles. The molecule has 0 aromatic heterocycles. The summed E-state index contributed by atoms with van der Waals surface area (Å²) in [6, 6.07) is 17.4. The Kier molecular flexibility index (Phi) is 5.07. The molecule has 28 heavy (non-hydrogen) atoms. The highest BCUT2D eigenvalue weighted by Crippen LogP contribution is 2.43. The van der Waals surface area contributed by atoms with Crippen molar-refractivity contribution in [2.24, 2.45) is 0 Å². The number of hydrogen-bond acceptors (Lipinski definition) is 5. The summed E-state index contributed by atoms with van der Waals surface area (Å²) in [5.41, 5.74) is 5.19. The van der Waals surface area contributed by atoms with E-state index in [4.69, 9.17) is 14.2 Å². The Morgan fingerprint density at radius 3 is 2.54 bits per heavy atom. The monoisotopic (exact) mass is 380 g/mol. The van der Waals surface area contributed by atoms with Crippen molar-refractivity contribution in [2.45, 2.75) is 31.2 Å². The van der Waals surface area contributed by atoms with Crippen molar-refractivity contribution in [1.82, 2.24) is 5.43 Å². The molecule has 1 N–H and O–H groups in total. The Morgan fingerprint density at radius 1 is 1.11 bits per heavy atom. The molecule has 2 aliphatic heterocycles. The molecule has 2 aromatic carbocycles. The fourth-order valence-electron chi connectivity index (χ4n) is 3.78. The Bertz CT molecular complexity index is 866. The molecule has 4 rings (SSSR count). The summed E-state index contributed by atoms with van der Waals surface area (Å²) in [5.74, 6) is 0.723. The van der Waals surface area contributed by atoms with E-state index < -0.39 is 5.60 Å². The molecule has 6 nitrogen and oxygen atoms in total. The van der Waals surface area contributed by atoms with E-state index in [1.807, 2.05) is 54.6 Å². The van der Waals surface area contributed by atoms with Gasteiger partial charge in [0.1, 0.15) is 11.4 Å². The summed E-state index contributed by atoms with van der Waals surface area (Å²) in [6.07, 6.45) is 3.19. The smallest absolute Gasteiger partial charge is 0.245 e. The number of fused-ring (bicyclic) bond motifs is 1. The normalized spacial score (nSPS) is 24.6. The van der Waals surface area contributed by atoms with E-state index in [1.54, 1.807) is 19.2 Å². The molecule has 6 heteroatoms. The molecule has 2 atom stereocenters. The average Bonchev–Trinajstić information content (AvgIpc) is 2.91. The van der Waals surface area contributed by atoms with E-state index in [2.05, 4.69) is 11.5 Å². The van der Waals surface area contributed by atoms with Crippen LogP contribution in [0.2, 0.25) is 0 Å². The fraction of sp³-hybridized carbons (Fsp3) is 0.318. The predicted molar refractivity (Wildman–Crippen MR) is 106 cm³/mol. The van der Waals surface area contributed by atoms with E-state index in [0.717, 1.165) is 22.7 Å². The van der Waals surface area contributed by atoms with Gasteiger partial charge in [0.05, 0.1) is 18.5 Å². The minimum Gasteiger partial charge on any atom is -0.497 e. The van der Waals surface area contributed by atoms with Crippen molar-refractivity contribution in [3.05, 3.63) is 71.9 Å². The van der Waals surface area contributed by atoms with Gasteiger partial charge in [-0.3, -0.25) is 10.2 Å². The number of amides is 1. The average molecular weight is 380 g/mol. The van der Waals surface area contributed by atoms with Gasteiger partial charge in [0.15, 0.2) is 6.29 Å². The summed E-state index contributed by atoms with van der Waals surface area (Å²) in [4.78, 5) is 13.0. The molecule has 0 unspecified atom stereocenters. The van der Waals surface area contributed by atoms with Crippen LogP contribution in [-0.4, -0.2) is 26.4 Å². The molecule has 1 amide bonds. The summed E-state index contributed by atoms with van der Waals surface area (Å²) < 4.78 is 17.1. The number of ether oxygens (including phenoxy) is 3. The number of methoxy groups -OCH3 is 2. The molecule has 0 spiro atoms. The lowest BCUT2D eigenvalue weighted by Crippen LogP contribution is -2.48. The maximum atomic E-state index is 13.0. The lowest BCUT2D eigenvalue weighted by Gasteiger charge is -2.41. The van der Waals surface area contributed by atoms with Crippen molar-refractivity contribution in [1.29, 1.82) is 0 Å². The molecule has 0 bridgehead atoms. The van der Waals surface area contributed by atoms with Gasteiger partial charge in [0.25, 0.3) is 0 Å². The van der Waals surface area contributed by atoms with Crippen LogP contribution < -0.4 is 15.2 Å². The molecule has 0 saturated carbocycles. The van der Waals surface area contributed by atoms with Crippen molar-refractivity contribution < 1.29 is 19.0 Å². The molecule has 1 fully saturated rings. The Labute approximate surface area is 164 Å². The number of benzene rings is 2. The van der Waals surface area contributed by atoms with Crippen LogP contribution >= 0.6 is 0 Å². The summed E-state index contributed by atoms with van der Waals surface area (Å²) in [5, 5.41) is 1.59. The van der Waals surface area contributed by atoms with Crippen LogP contribution in [0.5, 0.6) is 5.75 Å². The third-order valence-electron chi connectivity index (χ3n) is 5.29. The van der Waals surface area contributed by atoms with Crippen molar-refractivity contribution in [3.63, 3.8) is 0 Å². The Balaban J connectivity index is 1.74. The van der Waals surface area contributed by atoms with Crippen molar-refractivity contribution in [3.8, 4) is 5.75 Å². The molecule has 146 valence electrons. The van der Waals surface area contributed by atoms with Gasteiger partial charge in [-0.15, -0.1) is 0 Å². The molecule has 2 aliphatic rings. The molecular formula is C22H24N2O4. The van der Waals surface area contributed by atoms with Crippen LogP contribution in [0, 0.1) is 0 Å². The zero-order chi connectivity index (χ0) is 19.6. The van der Waals surface area contributed by atoms with E-state index in [1.165, 1.54) is 0 Å². The van der Waals surface area contributed by atoms with Crippen LogP contribution in [0.4, 0.5) is 5.69 Å². The van der Waals surface area contributed by atoms with Gasteiger partial charge in [-0.1, -0.05) is 36.4 Å². The van der Waals surface area contributed by atoms with Crippen LogP contribution in [-0.2, 0) is 19.9 Å². The number of carbonyl (C=O) groups is 1. The number of nitrogens with zero attached hydrogens (tertiary/aromatic N) is 1. The molecular weight excluding hydrogens is 356 g/mol. The van der Waals surface area contributed by atoms with E-state index in [9.17, 15) is 4.79 Å². The summed E-state index contributed by atoms with van der Waals surface area (Å²) >= 11 is 0. The second-order valence-electron chi connectivity index (χ2n) is 6.87. The highest BCUT2D eigenvalue weighted by atomic mass is 16.7. The van der Waals surface area contributed by atoms with E-state index in [-0.39, 0.29) is 12.2 Å². The number of carbonyl (C=O) groups excluding carboxylic acids is 1. The SMILES string of the molecule is COc1ccc(N2NC3=CC[C@@H](OC)O[C@@]3(c3ccccc3)CCC2=O)cc1. The topological polar surface area (TPSA) is 60.0 Å². The first kappa shape index (κ1) is 18.5. The largest absolute Gasteiger partial charge is 0.497 e. The van der Waals surface area contributed by atoms with Gasteiger partial charge < -0.3 is 14.2 Å². The maximum absolute atomic E-state index is 13.0. The zero-order valence-corrected chi connectivity index (χ0v) is 16.1. The van der Waals surface area contributed by atoms with Crippen LogP contribution in [0.25, 0.3) is 0 Å². The quantitative estimate of drug-likeness (QED) is 0.880. The molecule has 2 aromatic rings. The van der Waals surface area contributed by atoms with Crippen LogP contribution in [0.3, 0.4) is 0 Å². The van der Waals surface area contributed by atoms with Gasteiger partial charge in [-0.05, 0) is 36.2 Å². The zero-order valence-electron chi connectivity index (χ0n) is 16.1. The van der Waals surface area contributed by atoms with Crippen LogP contribution in [0.15, 0.2) is 66.4 Å².